The average Bonchev–Trinajstić information content (AvgIpc) is 2.98. The van der Waals surface area contributed by atoms with E-state index in [1.165, 1.54) is 11.1 Å². The number of hydrogen-bond donors (Lipinski definition) is 1. The third kappa shape index (κ3) is 6.85. The molecule has 5 rings (SSSR count). The van der Waals surface area contributed by atoms with Gasteiger partial charge in [0.05, 0.1) is 10.9 Å². The molecule has 0 bridgehead atoms. The van der Waals surface area contributed by atoms with Crippen LogP contribution in [0.5, 0.6) is 5.75 Å². The Kier molecular flexibility index (Phi) is 8.83. The quantitative estimate of drug-likeness (QED) is 0.291. The highest BCUT2D eigenvalue weighted by Gasteiger charge is 2.32. The lowest BCUT2D eigenvalue weighted by Gasteiger charge is -2.39. The second-order valence-corrected chi connectivity index (χ2v) is 12.2. The topological polar surface area (TPSA) is 78.9 Å². The van der Waals surface area contributed by atoms with Crippen LogP contribution in [0.3, 0.4) is 0 Å². The van der Waals surface area contributed by atoms with Gasteiger partial charge in [-0.05, 0) is 60.9 Å². The van der Waals surface area contributed by atoms with Crippen LogP contribution in [0.1, 0.15) is 28.3 Å². The van der Waals surface area contributed by atoms with Crippen molar-refractivity contribution in [2.45, 2.75) is 24.8 Å². The summed E-state index contributed by atoms with van der Waals surface area (Å²) in [5.74, 6) is 0.342. The second-order valence-electron chi connectivity index (χ2n) is 10.3. The fourth-order valence-corrected chi connectivity index (χ4v) is 6.67. The van der Waals surface area contributed by atoms with E-state index in [-0.39, 0.29) is 23.5 Å². The SMILES string of the molecule is Cc1ccc(OCC(=O)Nc2ccc(S(=O)(=O)N3CCN(C(c4ccccc4)c4ccccc4)CC3)cc2)c(C)c1. The lowest BCUT2D eigenvalue weighted by atomic mass is 9.96. The largest absolute Gasteiger partial charge is 0.483 e. The fraction of sp³-hybridized carbons (Fsp3) is 0.242. The standard InChI is InChI=1S/C33H35N3O4S/c1-25-13-18-31(26(2)23-25)40-24-32(37)34-29-14-16-30(17-15-29)41(38,39)36-21-19-35(20-22-36)33(27-9-5-3-6-10-27)28-11-7-4-8-12-28/h3-18,23,33H,19-22,24H2,1-2H3,(H,34,37). The molecule has 1 fully saturated rings. The molecule has 8 heteroatoms. The lowest BCUT2D eigenvalue weighted by Crippen LogP contribution is -2.49. The van der Waals surface area contributed by atoms with Crippen molar-refractivity contribution in [1.29, 1.82) is 0 Å². The van der Waals surface area contributed by atoms with E-state index >= 15 is 0 Å². The Bertz CT molecular complexity index is 1530. The smallest absolute Gasteiger partial charge is 0.262 e. The van der Waals surface area contributed by atoms with Crippen LogP contribution in [0.2, 0.25) is 0 Å². The van der Waals surface area contributed by atoms with E-state index < -0.39 is 10.0 Å². The number of carbonyl (C=O) groups excluding carboxylic acids is 1. The molecular weight excluding hydrogens is 534 g/mol. The molecule has 7 nitrogen and oxygen atoms in total. The predicted octanol–water partition coefficient (Wildman–Crippen LogP) is 5.42. The van der Waals surface area contributed by atoms with Gasteiger partial charge in [-0.25, -0.2) is 8.42 Å². The molecule has 0 aromatic heterocycles. The number of nitrogens with one attached hydrogen (secondary N) is 1. The zero-order chi connectivity index (χ0) is 28.8. The summed E-state index contributed by atoms with van der Waals surface area (Å²) in [7, 11) is -3.67. The van der Waals surface area contributed by atoms with Crippen LogP contribution in [0, 0.1) is 13.8 Å². The summed E-state index contributed by atoms with van der Waals surface area (Å²) >= 11 is 0. The van der Waals surface area contributed by atoms with Crippen molar-refractivity contribution in [1.82, 2.24) is 9.21 Å². The number of nitrogens with zero attached hydrogens (tertiary/aromatic N) is 2. The minimum Gasteiger partial charge on any atom is -0.483 e. The van der Waals surface area contributed by atoms with Crippen molar-refractivity contribution in [3.05, 3.63) is 125 Å². The van der Waals surface area contributed by atoms with Gasteiger partial charge in [-0.2, -0.15) is 4.31 Å². The molecule has 1 aliphatic rings. The summed E-state index contributed by atoms with van der Waals surface area (Å²) in [5.41, 5.74) is 4.97. The summed E-state index contributed by atoms with van der Waals surface area (Å²) < 4.78 is 34.1. The highest BCUT2D eigenvalue weighted by molar-refractivity contribution is 7.89. The molecule has 41 heavy (non-hydrogen) atoms. The van der Waals surface area contributed by atoms with Gasteiger partial charge < -0.3 is 10.1 Å². The fourth-order valence-electron chi connectivity index (χ4n) is 5.25. The highest BCUT2D eigenvalue weighted by atomic mass is 32.2. The molecule has 4 aromatic rings. The number of carbonyl (C=O) groups is 1. The normalized spacial score (nSPS) is 14.6. The van der Waals surface area contributed by atoms with Gasteiger partial charge in [-0.15, -0.1) is 0 Å². The number of rotatable bonds is 9. The Morgan fingerprint density at radius 2 is 1.39 bits per heavy atom. The van der Waals surface area contributed by atoms with Gasteiger partial charge in [0.1, 0.15) is 5.75 Å². The second kappa shape index (κ2) is 12.7. The molecule has 0 unspecified atom stereocenters. The van der Waals surface area contributed by atoms with Gasteiger partial charge in [0.2, 0.25) is 10.0 Å². The molecule has 0 aliphatic carbocycles. The van der Waals surface area contributed by atoms with Crippen LogP contribution in [-0.2, 0) is 14.8 Å². The first-order valence-electron chi connectivity index (χ1n) is 13.8. The molecule has 1 aliphatic heterocycles. The maximum atomic E-state index is 13.5. The first-order valence-corrected chi connectivity index (χ1v) is 15.2. The number of piperazine rings is 1. The Morgan fingerprint density at radius 1 is 0.805 bits per heavy atom. The van der Waals surface area contributed by atoms with Gasteiger partial charge in [-0.3, -0.25) is 9.69 Å². The van der Waals surface area contributed by atoms with E-state index in [1.54, 1.807) is 28.6 Å². The van der Waals surface area contributed by atoms with E-state index in [9.17, 15) is 13.2 Å². The van der Waals surface area contributed by atoms with Crippen LogP contribution in [0.4, 0.5) is 5.69 Å². The summed E-state index contributed by atoms with van der Waals surface area (Å²) in [5, 5.41) is 2.77. The van der Waals surface area contributed by atoms with E-state index in [0.29, 0.717) is 37.6 Å². The average molecular weight is 570 g/mol. The molecular formula is C33H35N3O4S. The van der Waals surface area contributed by atoms with Gasteiger partial charge in [0.25, 0.3) is 5.91 Å². The molecule has 0 atom stereocenters. The third-order valence-corrected chi connectivity index (χ3v) is 9.25. The Morgan fingerprint density at radius 3 is 1.95 bits per heavy atom. The molecule has 0 radical (unpaired) electrons. The number of benzene rings is 4. The number of anilines is 1. The van der Waals surface area contributed by atoms with Crippen LogP contribution >= 0.6 is 0 Å². The molecule has 1 saturated heterocycles. The number of ether oxygens (including phenoxy) is 1. The number of sulfonamides is 1. The maximum absolute atomic E-state index is 13.5. The van der Waals surface area contributed by atoms with Gasteiger partial charge in [0.15, 0.2) is 6.61 Å². The molecule has 212 valence electrons. The Hall–Kier alpha value is -3.98. The van der Waals surface area contributed by atoms with Crippen molar-refractivity contribution in [2.75, 3.05) is 38.1 Å². The number of amides is 1. The predicted molar refractivity (Wildman–Crippen MR) is 162 cm³/mol. The van der Waals surface area contributed by atoms with E-state index in [2.05, 4.69) is 34.5 Å². The van der Waals surface area contributed by atoms with Crippen molar-refractivity contribution in [3.8, 4) is 5.75 Å². The van der Waals surface area contributed by atoms with Crippen LogP contribution in [0.15, 0.2) is 108 Å². The highest BCUT2D eigenvalue weighted by Crippen LogP contribution is 2.30. The molecule has 1 amide bonds. The van der Waals surface area contributed by atoms with Crippen molar-refractivity contribution < 1.29 is 17.9 Å². The molecule has 1 heterocycles. The number of aryl methyl sites for hydroxylation is 2. The third-order valence-electron chi connectivity index (χ3n) is 7.33. The Labute approximate surface area is 242 Å². The van der Waals surface area contributed by atoms with E-state index in [4.69, 9.17) is 4.74 Å². The van der Waals surface area contributed by atoms with Crippen molar-refractivity contribution in [3.63, 3.8) is 0 Å². The molecule has 1 N–H and O–H groups in total. The lowest BCUT2D eigenvalue weighted by molar-refractivity contribution is -0.118. The Balaban J connectivity index is 1.20. The van der Waals surface area contributed by atoms with Crippen molar-refractivity contribution in [2.24, 2.45) is 0 Å². The first kappa shape index (κ1) is 28.5. The molecule has 0 spiro atoms. The minimum atomic E-state index is -3.67. The van der Waals surface area contributed by atoms with Crippen LogP contribution in [-0.4, -0.2) is 56.3 Å². The van der Waals surface area contributed by atoms with Gasteiger partial charge in [-0.1, -0.05) is 78.4 Å². The maximum Gasteiger partial charge on any atom is 0.262 e. The van der Waals surface area contributed by atoms with Crippen LogP contribution < -0.4 is 10.1 Å². The monoisotopic (exact) mass is 569 g/mol. The first-order chi connectivity index (χ1) is 19.8. The van der Waals surface area contributed by atoms with E-state index in [0.717, 1.165) is 11.1 Å². The van der Waals surface area contributed by atoms with Gasteiger partial charge >= 0.3 is 0 Å². The summed E-state index contributed by atoms with van der Waals surface area (Å²) in [6, 6.07) is 32.8. The van der Waals surface area contributed by atoms with Crippen molar-refractivity contribution >= 4 is 21.6 Å². The zero-order valence-electron chi connectivity index (χ0n) is 23.4. The summed E-state index contributed by atoms with van der Waals surface area (Å²) in [4.78, 5) is 15.0. The summed E-state index contributed by atoms with van der Waals surface area (Å²) in [6.07, 6.45) is 0. The van der Waals surface area contributed by atoms with Crippen LogP contribution in [0.25, 0.3) is 0 Å². The number of hydrogen-bond acceptors (Lipinski definition) is 5. The van der Waals surface area contributed by atoms with E-state index in [1.807, 2.05) is 68.4 Å². The minimum absolute atomic E-state index is 0.0593. The summed E-state index contributed by atoms with van der Waals surface area (Å²) in [6.45, 7) is 5.82. The molecule has 4 aromatic carbocycles. The zero-order valence-corrected chi connectivity index (χ0v) is 24.2. The molecule has 0 saturated carbocycles. The van der Waals surface area contributed by atoms with Gasteiger partial charge in [0, 0.05) is 31.9 Å².